The average Bonchev–Trinajstić information content (AvgIpc) is 2.81. The molecule has 4 nitrogen and oxygen atoms in total. The molecule has 128 valence electrons. The number of hydrogen-bond acceptors (Lipinski definition) is 2. The molecule has 0 radical (unpaired) electrons. The van der Waals surface area contributed by atoms with Crippen LogP contribution in [0.5, 0.6) is 0 Å². The topological polar surface area (TPSA) is 46.9 Å². The lowest BCUT2D eigenvalue weighted by Crippen LogP contribution is -2.23. The molecule has 0 fully saturated rings. The van der Waals surface area contributed by atoms with Gasteiger partial charge in [-0.3, -0.25) is 4.79 Å². The zero-order chi connectivity index (χ0) is 17.2. The van der Waals surface area contributed by atoms with Gasteiger partial charge < -0.3 is 9.88 Å². The van der Waals surface area contributed by atoms with Crippen LogP contribution in [-0.2, 0) is 19.5 Å². The minimum absolute atomic E-state index is 0.0478. The average molecular weight is 333 g/mol. The number of carbonyl (C=O) groups is 1. The minimum atomic E-state index is -0.0478. The normalized spacial score (nSPS) is 14.1. The summed E-state index contributed by atoms with van der Waals surface area (Å²) in [6, 6.07) is 14.0. The van der Waals surface area contributed by atoms with Crippen molar-refractivity contribution in [2.45, 2.75) is 45.7 Å². The molecule has 1 aliphatic heterocycles. The van der Waals surface area contributed by atoms with Gasteiger partial charge in [-0.25, -0.2) is 4.98 Å². The van der Waals surface area contributed by atoms with Gasteiger partial charge in [-0.05, 0) is 49.1 Å². The molecule has 0 bridgehead atoms. The first-order valence-electron chi connectivity index (χ1n) is 9.04. The molecule has 25 heavy (non-hydrogen) atoms. The van der Waals surface area contributed by atoms with Gasteiger partial charge >= 0.3 is 0 Å². The second kappa shape index (κ2) is 6.71. The monoisotopic (exact) mass is 333 g/mol. The van der Waals surface area contributed by atoms with E-state index in [1.165, 1.54) is 24.8 Å². The van der Waals surface area contributed by atoms with Crippen molar-refractivity contribution in [1.29, 1.82) is 0 Å². The van der Waals surface area contributed by atoms with E-state index < -0.39 is 0 Å². The molecule has 0 atom stereocenters. The van der Waals surface area contributed by atoms with Gasteiger partial charge in [0.25, 0.3) is 5.91 Å². The highest BCUT2D eigenvalue weighted by Crippen LogP contribution is 2.23. The molecule has 4 rings (SSSR count). The Hall–Kier alpha value is -2.62. The van der Waals surface area contributed by atoms with Gasteiger partial charge in [0.2, 0.25) is 0 Å². The summed E-state index contributed by atoms with van der Waals surface area (Å²) in [6.45, 7) is 3.64. The van der Waals surface area contributed by atoms with E-state index in [-0.39, 0.29) is 5.91 Å². The molecule has 1 amide bonds. The zero-order valence-corrected chi connectivity index (χ0v) is 14.6. The second-order valence-electron chi connectivity index (χ2n) is 6.80. The van der Waals surface area contributed by atoms with Crippen molar-refractivity contribution in [2.24, 2.45) is 0 Å². The van der Waals surface area contributed by atoms with Crippen LogP contribution in [0.4, 0.5) is 0 Å². The van der Waals surface area contributed by atoms with Crippen molar-refractivity contribution in [3.05, 3.63) is 65.0 Å². The summed E-state index contributed by atoms with van der Waals surface area (Å²) in [7, 11) is 0. The molecule has 2 aromatic carbocycles. The van der Waals surface area contributed by atoms with Gasteiger partial charge in [-0.15, -0.1) is 0 Å². The fourth-order valence-corrected chi connectivity index (χ4v) is 3.58. The first kappa shape index (κ1) is 15.9. The summed E-state index contributed by atoms with van der Waals surface area (Å²) in [5.74, 6) is 1.11. The summed E-state index contributed by atoms with van der Waals surface area (Å²) >= 11 is 0. The van der Waals surface area contributed by atoms with Crippen molar-refractivity contribution in [3.63, 3.8) is 0 Å². The molecule has 0 aliphatic carbocycles. The third kappa shape index (κ3) is 3.16. The number of rotatable bonds is 3. The number of nitrogens with zero attached hydrogens (tertiary/aromatic N) is 2. The summed E-state index contributed by atoms with van der Waals surface area (Å²) < 4.78 is 2.32. The van der Waals surface area contributed by atoms with E-state index in [0.717, 1.165) is 35.4 Å². The van der Waals surface area contributed by atoms with Gasteiger partial charge in [0.05, 0.1) is 11.0 Å². The number of fused-ring (bicyclic) bond motifs is 3. The van der Waals surface area contributed by atoms with Gasteiger partial charge in [-0.1, -0.05) is 30.7 Å². The molecule has 4 heteroatoms. The second-order valence-corrected chi connectivity index (χ2v) is 6.80. The minimum Gasteiger partial charge on any atom is -0.348 e. The highest BCUT2D eigenvalue weighted by Gasteiger charge is 2.15. The van der Waals surface area contributed by atoms with Gasteiger partial charge in [0.15, 0.2) is 0 Å². The Balaban J connectivity index is 1.55. The van der Waals surface area contributed by atoms with E-state index in [0.29, 0.717) is 12.1 Å². The van der Waals surface area contributed by atoms with Crippen molar-refractivity contribution in [3.8, 4) is 0 Å². The Bertz CT molecular complexity index is 926. The number of hydrogen-bond donors (Lipinski definition) is 1. The van der Waals surface area contributed by atoms with Crippen LogP contribution < -0.4 is 5.32 Å². The van der Waals surface area contributed by atoms with Crippen molar-refractivity contribution in [2.75, 3.05) is 0 Å². The number of nitrogens with one attached hydrogen (secondary N) is 1. The number of imidazole rings is 1. The van der Waals surface area contributed by atoms with E-state index in [4.69, 9.17) is 4.98 Å². The molecule has 0 saturated heterocycles. The summed E-state index contributed by atoms with van der Waals surface area (Å²) in [6.07, 6.45) is 4.71. The first-order valence-corrected chi connectivity index (χ1v) is 9.04. The standard InChI is InChI=1S/C21H23N3O/c1-15-7-4-5-8-17(15)14-22-21(25)16-10-11-19-18(13-16)23-20-9-3-2-6-12-24(19)20/h4-5,7-8,10-11,13H,2-3,6,9,12,14H2,1H3,(H,22,25). The lowest BCUT2D eigenvalue weighted by atomic mass is 10.1. The Kier molecular flexibility index (Phi) is 4.26. The quantitative estimate of drug-likeness (QED) is 0.787. The molecule has 2 heterocycles. The molecule has 0 spiro atoms. The van der Waals surface area contributed by atoms with E-state index >= 15 is 0 Å². The zero-order valence-electron chi connectivity index (χ0n) is 14.6. The maximum absolute atomic E-state index is 12.5. The fourth-order valence-electron chi connectivity index (χ4n) is 3.58. The van der Waals surface area contributed by atoms with Gasteiger partial charge in [0, 0.05) is 25.1 Å². The summed E-state index contributed by atoms with van der Waals surface area (Å²) in [5.41, 5.74) is 5.09. The van der Waals surface area contributed by atoms with Gasteiger partial charge in [0.1, 0.15) is 5.82 Å². The van der Waals surface area contributed by atoms with E-state index in [1.54, 1.807) is 0 Å². The van der Waals surface area contributed by atoms with Crippen molar-refractivity contribution >= 4 is 16.9 Å². The number of amides is 1. The largest absolute Gasteiger partial charge is 0.348 e. The molecule has 1 N–H and O–H groups in total. The Morgan fingerprint density at radius 3 is 2.92 bits per heavy atom. The maximum Gasteiger partial charge on any atom is 0.251 e. The molecule has 3 aromatic rings. The molecule has 0 saturated carbocycles. The predicted octanol–water partition coefficient (Wildman–Crippen LogP) is 4.00. The van der Waals surface area contributed by atoms with E-state index in [2.05, 4.69) is 22.9 Å². The smallest absolute Gasteiger partial charge is 0.251 e. The highest BCUT2D eigenvalue weighted by molar-refractivity contribution is 5.97. The SMILES string of the molecule is Cc1ccccc1CNC(=O)c1ccc2c(c1)nc1n2CCCCC1. The number of benzene rings is 2. The van der Waals surface area contributed by atoms with E-state index in [9.17, 15) is 4.79 Å². The van der Waals surface area contributed by atoms with Crippen LogP contribution in [0.1, 0.15) is 46.6 Å². The van der Waals surface area contributed by atoms with Crippen LogP contribution in [0.2, 0.25) is 0 Å². The molecule has 1 aliphatic rings. The first-order chi connectivity index (χ1) is 12.2. The lowest BCUT2D eigenvalue weighted by Gasteiger charge is -2.08. The number of carbonyl (C=O) groups excluding carboxylic acids is 1. The third-order valence-corrected chi connectivity index (χ3v) is 5.07. The highest BCUT2D eigenvalue weighted by atomic mass is 16.1. The van der Waals surface area contributed by atoms with Crippen molar-refractivity contribution in [1.82, 2.24) is 14.9 Å². The molecular weight excluding hydrogens is 310 g/mol. The van der Waals surface area contributed by atoms with Crippen LogP contribution in [-0.4, -0.2) is 15.5 Å². The predicted molar refractivity (Wildman–Crippen MR) is 99.6 cm³/mol. The van der Waals surface area contributed by atoms with Crippen LogP contribution in [0, 0.1) is 6.92 Å². The Labute approximate surface area is 147 Å². The van der Waals surface area contributed by atoms with E-state index in [1.807, 2.05) is 36.4 Å². The molecular formula is C21H23N3O. The Morgan fingerprint density at radius 2 is 2.04 bits per heavy atom. The van der Waals surface area contributed by atoms with Crippen LogP contribution in [0.3, 0.4) is 0 Å². The maximum atomic E-state index is 12.5. The fraction of sp³-hybridized carbons (Fsp3) is 0.333. The summed E-state index contributed by atoms with van der Waals surface area (Å²) in [4.78, 5) is 17.3. The molecule has 1 aromatic heterocycles. The van der Waals surface area contributed by atoms with Gasteiger partial charge in [-0.2, -0.15) is 0 Å². The summed E-state index contributed by atoms with van der Waals surface area (Å²) in [5, 5.41) is 3.02. The van der Waals surface area contributed by atoms with Crippen LogP contribution >= 0.6 is 0 Å². The Morgan fingerprint density at radius 1 is 1.16 bits per heavy atom. The number of aryl methyl sites for hydroxylation is 3. The number of aromatic nitrogens is 2. The molecule has 0 unspecified atom stereocenters. The van der Waals surface area contributed by atoms with Crippen LogP contribution in [0.25, 0.3) is 11.0 Å². The third-order valence-electron chi connectivity index (χ3n) is 5.07. The van der Waals surface area contributed by atoms with Crippen LogP contribution in [0.15, 0.2) is 42.5 Å². The lowest BCUT2D eigenvalue weighted by molar-refractivity contribution is 0.0951. The van der Waals surface area contributed by atoms with Crippen molar-refractivity contribution < 1.29 is 4.79 Å².